The van der Waals surface area contributed by atoms with E-state index in [1.165, 1.54) is 12.8 Å². The quantitative estimate of drug-likeness (QED) is 0.692. The molecular formula is C12H18N2O2. The number of ether oxygens (including phenoxy) is 2. The van der Waals surface area contributed by atoms with Crippen LogP contribution >= 0.6 is 0 Å². The summed E-state index contributed by atoms with van der Waals surface area (Å²) in [5.74, 6) is 1.91. The third kappa shape index (κ3) is 3.45. The smallest absolute Gasteiger partial charge is 0.156 e. The number of rotatable bonds is 6. The van der Waals surface area contributed by atoms with E-state index in [0.29, 0.717) is 31.0 Å². The molecule has 0 unspecified atom stereocenters. The zero-order valence-electron chi connectivity index (χ0n) is 9.85. The van der Waals surface area contributed by atoms with Crippen LogP contribution in [0.4, 0.5) is 0 Å². The molecule has 1 aliphatic carbocycles. The third-order valence-corrected chi connectivity index (χ3v) is 2.39. The molecule has 0 aliphatic heterocycles. The lowest BCUT2D eigenvalue weighted by Crippen LogP contribution is -2.08. The summed E-state index contributed by atoms with van der Waals surface area (Å²) in [5, 5.41) is 0. The first-order valence-corrected chi connectivity index (χ1v) is 5.82. The highest BCUT2D eigenvalue weighted by Crippen LogP contribution is 2.23. The van der Waals surface area contributed by atoms with Crippen molar-refractivity contribution < 1.29 is 9.47 Å². The highest BCUT2D eigenvalue weighted by Gasteiger charge is 2.21. The second-order valence-electron chi connectivity index (χ2n) is 4.35. The van der Waals surface area contributed by atoms with Gasteiger partial charge in [0.15, 0.2) is 5.75 Å². The molecule has 0 spiro atoms. The standard InChI is InChI=1S/C12H18N2O2/c1-9(2)12-13-7-11(8-14-12)16-6-5-15-10-3-4-10/h7-10H,3-6H2,1-2H3. The number of aromatic nitrogens is 2. The van der Waals surface area contributed by atoms with Crippen LogP contribution in [-0.4, -0.2) is 29.3 Å². The average Bonchev–Trinajstić information content (AvgIpc) is 3.09. The zero-order chi connectivity index (χ0) is 11.4. The average molecular weight is 222 g/mol. The fourth-order valence-electron chi connectivity index (χ4n) is 1.31. The van der Waals surface area contributed by atoms with Crippen molar-refractivity contribution in [3.63, 3.8) is 0 Å². The molecule has 88 valence electrons. The fourth-order valence-corrected chi connectivity index (χ4v) is 1.31. The molecule has 4 nitrogen and oxygen atoms in total. The Hall–Kier alpha value is -1.16. The maximum absolute atomic E-state index is 5.47. The molecule has 2 rings (SSSR count). The Bertz CT molecular complexity index is 320. The number of hydrogen-bond acceptors (Lipinski definition) is 4. The molecule has 0 amide bonds. The van der Waals surface area contributed by atoms with Crippen molar-refractivity contribution in [1.82, 2.24) is 9.97 Å². The SMILES string of the molecule is CC(C)c1ncc(OCCOC2CC2)cn1. The summed E-state index contributed by atoms with van der Waals surface area (Å²) >= 11 is 0. The first-order chi connectivity index (χ1) is 7.75. The van der Waals surface area contributed by atoms with Gasteiger partial charge in [0.05, 0.1) is 25.1 Å². The van der Waals surface area contributed by atoms with Crippen molar-refractivity contribution in [1.29, 1.82) is 0 Å². The lowest BCUT2D eigenvalue weighted by molar-refractivity contribution is 0.0878. The minimum atomic E-state index is 0.354. The van der Waals surface area contributed by atoms with Gasteiger partial charge in [-0.05, 0) is 12.8 Å². The minimum absolute atomic E-state index is 0.354. The first kappa shape index (κ1) is 11.3. The lowest BCUT2D eigenvalue weighted by Gasteiger charge is -2.07. The molecule has 0 radical (unpaired) electrons. The molecule has 1 saturated carbocycles. The van der Waals surface area contributed by atoms with Crippen molar-refractivity contribution in [2.75, 3.05) is 13.2 Å². The van der Waals surface area contributed by atoms with Crippen LogP contribution in [-0.2, 0) is 4.74 Å². The highest BCUT2D eigenvalue weighted by molar-refractivity contribution is 5.13. The largest absolute Gasteiger partial charge is 0.488 e. The second-order valence-corrected chi connectivity index (χ2v) is 4.35. The van der Waals surface area contributed by atoms with E-state index in [1.54, 1.807) is 12.4 Å². The molecule has 0 atom stereocenters. The van der Waals surface area contributed by atoms with E-state index in [-0.39, 0.29) is 0 Å². The van der Waals surface area contributed by atoms with Gasteiger partial charge in [-0.15, -0.1) is 0 Å². The highest BCUT2D eigenvalue weighted by atomic mass is 16.5. The Morgan fingerprint density at radius 1 is 1.25 bits per heavy atom. The van der Waals surface area contributed by atoms with Crippen molar-refractivity contribution in [3.05, 3.63) is 18.2 Å². The predicted molar refractivity (Wildman–Crippen MR) is 60.6 cm³/mol. The molecule has 0 saturated heterocycles. The molecule has 1 aromatic heterocycles. The van der Waals surface area contributed by atoms with Gasteiger partial charge in [-0.25, -0.2) is 9.97 Å². The molecule has 0 N–H and O–H groups in total. The van der Waals surface area contributed by atoms with E-state index < -0.39 is 0 Å². The van der Waals surface area contributed by atoms with Crippen LogP contribution < -0.4 is 4.74 Å². The molecule has 1 aromatic rings. The molecule has 0 aromatic carbocycles. The molecule has 16 heavy (non-hydrogen) atoms. The summed E-state index contributed by atoms with van der Waals surface area (Å²) in [4.78, 5) is 8.45. The first-order valence-electron chi connectivity index (χ1n) is 5.82. The van der Waals surface area contributed by atoms with Crippen LogP contribution in [0.2, 0.25) is 0 Å². The minimum Gasteiger partial charge on any atom is -0.488 e. The Balaban J connectivity index is 1.71. The van der Waals surface area contributed by atoms with E-state index >= 15 is 0 Å². The summed E-state index contributed by atoms with van der Waals surface area (Å²) in [6.45, 7) is 5.36. The van der Waals surface area contributed by atoms with Gasteiger partial charge in [-0.3, -0.25) is 0 Å². The zero-order valence-corrected chi connectivity index (χ0v) is 9.85. The summed E-state index contributed by atoms with van der Waals surface area (Å²) in [7, 11) is 0. The van der Waals surface area contributed by atoms with E-state index in [1.807, 2.05) is 0 Å². The maximum atomic E-state index is 5.47. The Morgan fingerprint density at radius 3 is 2.50 bits per heavy atom. The van der Waals surface area contributed by atoms with Gasteiger partial charge in [0.1, 0.15) is 12.4 Å². The molecule has 1 fully saturated rings. The van der Waals surface area contributed by atoms with Crippen LogP contribution in [0.25, 0.3) is 0 Å². The number of nitrogens with zero attached hydrogens (tertiary/aromatic N) is 2. The van der Waals surface area contributed by atoms with Gasteiger partial charge in [0.2, 0.25) is 0 Å². The predicted octanol–water partition coefficient (Wildman–Crippen LogP) is 2.16. The van der Waals surface area contributed by atoms with Crippen LogP contribution in [0, 0.1) is 0 Å². The maximum Gasteiger partial charge on any atom is 0.156 e. The summed E-state index contributed by atoms with van der Waals surface area (Å²) in [5.41, 5.74) is 0. The summed E-state index contributed by atoms with van der Waals surface area (Å²) < 4.78 is 10.9. The van der Waals surface area contributed by atoms with Gasteiger partial charge >= 0.3 is 0 Å². The van der Waals surface area contributed by atoms with Crippen molar-refractivity contribution in [2.24, 2.45) is 0 Å². The Labute approximate surface area is 96.0 Å². The van der Waals surface area contributed by atoms with Crippen molar-refractivity contribution in [2.45, 2.75) is 38.7 Å². The molecule has 4 heteroatoms. The number of hydrogen-bond donors (Lipinski definition) is 0. The van der Waals surface area contributed by atoms with Gasteiger partial charge in [0.25, 0.3) is 0 Å². The van der Waals surface area contributed by atoms with Crippen LogP contribution in [0.3, 0.4) is 0 Å². The second kappa shape index (κ2) is 5.25. The fraction of sp³-hybridized carbons (Fsp3) is 0.667. The van der Waals surface area contributed by atoms with E-state index in [2.05, 4.69) is 23.8 Å². The van der Waals surface area contributed by atoms with E-state index in [0.717, 1.165) is 5.82 Å². The van der Waals surface area contributed by atoms with Crippen molar-refractivity contribution in [3.8, 4) is 5.75 Å². The Morgan fingerprint density at radius 2 is 1.94 bits per heavy atom. The van der Waals surface area contributed by atoms with Gasteiger partial charge in [0, 0.05) is 5.92 Å². The van der Waals surface area contributed by atoms with Crippen molar-refractivity contribution >= 4 is 0 Å². The van der Waals surface area contributed by atoms with Crippen LogP contribution in [0.15, 0.2) is 12.4 Å². The normalized spacial score (nSPS) is 15.4. The summed E-state index contributed by atoms with van der Waals surface area (Å²) in [6.07, 6.45) is 6.33. The monoisotopic (exact) mass is 222 g/mol. The topological polar surface area (TPSA) is 44.2 Å². The van der Waals surface area contributed by atoms with Crippen LogP contribution in [0.1, 0.15) is 38.4 Å². The van der Waals surface area contributed by atoms with Gasteiger partial charge in [-0.2, -0.15) is 0 Å². The summed E-state index contributed by atoms with van der Waals surface area (Å²) in [6, 6.07) is 0. The Kier molecular flexibility index (Phi) is 3.72. The van der Waals surface area contributed by atoms with Gasteiger partial charge < -0.3 is 9.47 Å². The molecule has 1 heterocycles. The lowest BCUT2D eigenvalue weighted by atomic mass is 10.2. The molecular weight excluding hydrogens is 204 g/mol. The van der Waals surface area contributed by atoms with E-state index in [4.69, 9.17) is 9.47 Å². The molecule has 0 bridgehead atoms. The van der Waals surface area contributed by atoms with Gasteiger partial charge in [-0.1, -0.05) is 13.8 Å². The molecule has 1 aliphatic rings. The van der Waals surface area contributed by atoms with Crippen LogP contribution in [0.5, 0.6) is 5.75 Å². The third-order valence-electron chi connectivity index (χ3n) is 2.39. The van der Waals surface area contributed by atoms with E-state index in [9.17, 15) is 0 Å².